The van der Waals surface area contributed by atoms with Gasteiger partial charge < -0.3 is 40.3 Å². The van der Waals surface area contributed by atoms with Crippen molar-refractivity contribution in [3.63, 3.8) is 0 Å². The van der Waals surface area contributed by atoms with Gasteiger partial charge in [-0.1, -0.05) is 140 Å². The van der Waals surface area contributed by atoms with Gasteiger partial charge in [0.05, 0.1) is 25.4 Å². The average molecular weight is 832 g/mol. The fourth-order valence-electron chi connectivity index (χ4n) is 6.43. The minimum atomic E-state index is -5.12. The molecule has 0 saturated carbocycles. The van der Waals surface area contributed by atoms with Crippen LogP contribution in [0.2, 0.25) is 0 Å². The quantitative estimate of drug-likeness (QED) is 0.0203. The number of rotatable bonds is 35. The van der Waals surface area contributed by atoms with E-state index in [9.17, 15) is 38.7 Å². The van der Waals surface area contributed by atoms with E-state index in [0.29, 0.717) is 12.8 Å². The fourth-order valence-corrected chi connectivity index (χ4v) is 6.94. The first-order chi connectivity index (χ1) is 27.4. The van der Waals surface area contributed by atoms with Crippen LogP contribution in [-0.2, 0) is 28.9 Å². The predicted octanol–water partition coefficient (Wildman–Crippen LogP) is 6.68. The molecule has 57 heavy (non-hydrogen) atoms. The molecule has 1 heterocycles. The van der Waals surface area contributed by atoms with Crippen LogP contribution in [0.5, 0.6) is 0 Å². The van der Waals surface area contributed by atoms with Crippen molar-refractivity contribution < 1.29 is 57.0 Å². The summed E-state index contributed by atoms with van der Waals surface area (Å²) in [5.41, 5.74) is 0. The average Bonchev–Trinajstić information content (AvgIpc) is 3.18. The van der Waals surface area contributed by atoms with Gasteiger partial charge in [0.25, 0.3) is 0 Å². The molecule has 1 amide bonds. The van der Waals surface area contributed by atoms with Crippen LogP contribution in [-0.4, -0.2) is 107 Å². The molecule has 1 aliphatic rings. The lowest BCUT2D eigenvalue weighted by Crippen LogP contribution is -2.61. The normalized spacial score (nSPS) is 22.3. The Morgan fingerprint density at radius 1 is 0.702 bits per heavy atom. The number of amides is 1. The summed E-state index contributed by atoms with van der Waals surface area (Å²) in [6.07, 6.45) is 27.8. The van der Waals surface area contributed by atoms with Crippen molar-refractivity contribution in [3.05, 3.63) is 48.6 Å². The Labute approximate surface area is 343 Å². The Morgan fingerprint density at radius 3 is 1.75 bits per heavy atom. The van der Waals surface area contributed by atoms with Crippen LogP contribution < -0.4 is 5.32 Å². The summed E-state index contributed by atoms with van der Waals surface area (Å²) in [7, 11) is -5.12. The summed E-state index contributed by atoms with van der Waals surface area (Å²) in [4.78, 5) is 13.0. The topological polar surface area (TPSA) is 212 Å². The number of aliphatic hydroxyl groups is 5. The van der Waals surface area contributed by atoms with Crippen molar-refractivity contribution in [1.82, 2.24) is 5.32 Å². The number of nitrogens with one attached hydrogen (secondary N) is 1. The Hall–Kier alpha value is -1.98. The van der Waals surface area contributed by atoms with E-state index in [-0.39, 0.29) is 6.42 Å². The van der Waals surface area contributed by atoms with Gasteiger partial charge in [-0.15, -0.1) is 0 Å². The fraction of sp³-hybridized carbons (Fsp3) is 0.791. The van der Waals surface area contributed by atoms with Crippen LogP contribution in [0.1, 0.15) is 155 Å². The SMILES string of the molecule is CCC/C=C/CC/C=C/CC/C=C/C(O)C(COC1OC(CO)C(O)C(OS(=O)(=O)O)C1O)NC(=O)C(O)CCCCCC/C=C\CCCCCCCCCCC. The van der Waals surface area contributed by atoms with E-state index in [0.717, 1.165) is 64.2 Å². The molecule has 1 saturated heterocycles. The molecule has 0 aliphatic carbocycles. The molecular weight excluding hydrogens is 755 g/mol. The van der Waals surface area contributed by atoms with Crippen LogP contribution in [0.4, 0.5) is 0 Å². The monoisotopic (exact) mass is 832 g/mol. The highest BCUT2D eigenvalue weighted by Crippen LogP contribution is 2.26. The second-order valence-electron chi connectivity index (χ2n) is 15.0. The van der Waals surface area contributed by atoms with Gasteiger partial charge in [0.2, 0.25) is 5.91 Å². The first-order valence-corrected chi connectivity index (χ1v) is 23.0. The standard InChI is InChI=1S/C43H77NO12S/c1-3-5-7-9-11-13-15-16-17-18-19-20-22-24-26-28-30-32-37(47)42(50)44-35(36(46)31-29-27-25-23-21-14-12-10-8-6-4-2)34-54-43-40(49)41(56-57(51,52)53)39(48)38(33-45)55-43/h8,10,19-21,23,29,31,35-41,43,45-49H,3-7,9,11-18,22,24-28,30,32-34H2,1-2H3,(H,44,50)(H,51,52,53)/b10-8+,20-19-,23-21+,31-29+. The van der Waals surface area contributed by atoms with Gasteiger partial charge in [-0.05, 0) is 64.2 Å². The van der Waals surface area contributed by atoms with Crippen molar-refractivity contribution in [2.45, 2.75) is 204 Å². The summed E-state index contributed by atoms with van der Waals surface area (Å²) >= 11 is 0. The van der Waals surface area contributed by atoms with Crippen LogP contribution in [0.3, 0.4) is 0 Å². The second kappa shape index (κ2) is 33.8. The van der Waals surface area contributed by atoms with Gasteiger partial charge >= 0.3 is 10.4 Å². The van der Waals surface area contributed by atoms with E-state index >= 15 is 0 Å². The third-order valence-electron chi connectivity index (χ3n) is 9.90. The summed E-state index contributed by atoms with van der Waals surface area (Å²) in [6.45, 7) is 3.08. The zero-order valence-electron chi connectivity index (χ0n) is 34.7. The molecule has 1 fully saturated rings. The Morgan fingerprint density at radius 2 is 1.21 bits per heavy atom. The molecule has 332 valence electrons. The molecule has 8 atom stereocenters. The number of allylic oxidation sites excluding steroid dienone is 7. The highest BCUT2D eigenvalue weighted by Gasteiger charge is 2.48. The molecule has 8 unspecified atom stereocenters. The number of ether oxygens (including phenoxy) is 2. The molecule has 13 nitrogen and oxygen atoms in total. The summed E-state index contributed by atoms with van der Waals surface area (Å²) in [5, 5.41) is 54.9. The zero-order chi connectivity index (χ0) is 42.2. The lowest BCUT2D eigenvalue weighted by molar-refractivity contribution is -0.298. The van der Waals surface area contributed by atoms with Crippen LogP contribution >= 0.6 is 0 Å². The molecule has 14 heteroatoms. The smallest absolute Gasteiger partial charge is 0.394 e. The van der Waals surface area contributed by atoms with Crippen molar-refractivity contribution in [3.8, 4) is 0 Å². The number of carbonyl (C=O) groups is 1. The molecule has 0 spiro atoms. The Kier molecular flexibility index (Phi) is 31.5. The Balaban J connectivity index is 2.63. The van der Waals surface area contributed by atoms with Gasteiger partial charge in [-0.25, -0.2) is 4.18 Å². The van der Waals surface area contributed by atoms with Gasteiger partial charge in [-0.3, -0.25) is 9.35 Å². The van der Waals surface area contributed by atoms with Crippen molar-refractivity contribution in [2.75, 3.05) is 13.2 Å². The second-order valence-corrected chi connectivity index (χ2v) is 16.1. The predicted molar refractivity (Wildman–Crippen MR) is 224 cm³/mol. The molecule has 0 aromatic heterocycles. The summed E-state index contributed by atoms with van der Waals surface area (Å²) < 4.78 is 47.3. The molecule has 1 rings (SSSR count). The molecule has 1 aliphatic heterocycles. The van der Waals surface area contributed by atoms with Crippen molar-refractivity contribution in [2.24, 2.45) is 0 Å². The largest absolute Gasteiger partial charge is 0.397 e. The molecular formula is C43H77NO12S. The first-order valence-electron chi connectivity index (χ1n) is 21.6. The van der Waals surface area contributed by atoms with E-state index in [1.807, 2.05) is 0 Å². The van der Waals surface area contributed by atoms with Crippen LogP contribution in [0, 0.1) is 0 Å². The van der Waals surface area contributed by atoms with E-state index in [1.54, 1.807) is 6.08 Å². The number of hydrogen-bond acceptors (Lipinski definition) is 11. The number of hydrogen-bond donors (Lipinski definition) is 7. The van der Waals surface area contributed by atoms with Gasteiger partial charge in [-0.2, -0.15) is 8.42 Å². The van der Waals surface area contributed by atoms with Crippen molar-refractivity contribution >= 4 is 16.3 Å². The molecule has 0 aromatic rings. The minimum absolute atomic E-state index is 0.218. The third-order valence-corrected chi connectivity index (χ3v) is 10.4. The molecule has 7 N–H and O–H groups in total. The van der Waals surface area contributed by atoms with E-state index in [1.165, 1.54) is 63.9 Å². The summed E-state index contributed by atoms with van der Waals surface area (Å²) in [5.74, 6) is -0.729. The zero-order valence-corrected chi connectivity index (χ0v) is 35.6. The van der Waals surface area contributed by atoms with E-state index in [4.69, 9.17) is 14.0 Å². The third kappa shape index (κ3) is 26.7. The molecule has 0 radical (unpaired) electrons. The molecule has 0 bridgehead atoms. The highest BCUT2D eigenvalue weighted by molar-refractivity contribution is 7.80. The maximum Gasteiger partial charge on any atom is 0.397 e. The number of aliphatic hydroxyl groups excluding tert-OH is 5. The van der Waals surface area contributed by atoms with E-state index < -0.39 is 78.5 Å². The van der Waals surface area contributed by atoms with Crippen LogP contribution in [0.25, 0.3) is 0 Å². The van der Waals surface area contributed by atoms with Crippen molar-refractivity contribution in [1.29, 1.82) is 0 Å². The van der Waals surface area contributed by atoms with E-state index in [2.05, 4.69) is 59.8 Å². The van der Waals surface area contributed by atoms with Gasteiger partial charge in [0, 0.05) is 0 Å². The number of unbranched alkanes of at least 4 members (excludes halogenated alkanes) is 16. The summed E-state index contributed by atoms with van der Waals surface area (Å²) in [6, 6.07) is -1.15. The van der Waals surface area contributed by atoms with Gasteiger partial charge in [0.1, 0.15) is 30.5 Å². The maximum atomic E-state index is 13.0. The lowest BCUT2D eigenvalue weighted by atomic mass is 9.99. The number of carbonyl (C=O) groups excluding carboxylic acids is 1. The molecule has 0 aromatic carbocycles. The Bertz CT molecular complexity index is 1230. The van der Waals surface area contributed by atoms with Crippen LogP contribution in [0.15, 0.2) is 48.6 Å². The highest BCUT2D eigenvalue weighted by atomic mass is 32.3. The minimum Gasteiger partial charge on any atom is -0.394 e. The van der Waals surface area contributed by atoms with Gasteiger partial charge in [0.15, 0.2) is 6.29 Å². The lowest BCUT2D eigenvalue weighted by Gasteiger charge is -2.41. The maximum absolute atomic E-state index is 13.0. The first kappa shape index (κ1) is 53.0.